The highest BCUT2D eigenvalue weighted by Gasteiger charge is 2.23. The molecule has 1 aliphatic rings. The molecule has 0 aliphatic carbocycles. The zero-order chi connectivity index (χ0) is 34.9. The average Bonchev–Trinajstić information content (AvgIpc) is 3.44. The van der Waals surface area contributed by atoms with E-state index >= 15 is 0 Å². The summed E-state index contributed by atoms with van der Waals surface area (Å²) in [5.74, 6) is 1.70. The maximum Gasteiger partial charge on any atom is 0.161 e. The largest absolute Gasteiger partial charge is 0.296 e. The number of hydrogen-bond donors (Lipinski definition) is 0. The second-order valence-electron chi connectivity index (χ2n) is 13.3. The molecule has 7 aromatic carbocycles. The molecule has 0 atom stereocenters. The Hall–Kier alpha value is -6.58. The maximum atomic E-state index is 5.47. The molecule has 0 fully saturated rings. The van der Waals surface area contributed by atoms with Gasteiger partial charge in [0.2, 0.25) is 0 Å². The van der Waals surface area contributed by atoms with E-state index in [1.54, 1.807) is 0 Å². The highest BCUT2D eigenvalue weighted by molar-refractivity contribution is 6.21. The van der Waals surface area contributed by atoms with Crippen molar-refractivity contribution in [2.45, 2.75) is 19.8 Å². The summed E-state index contributed by atoms with van der Waals surface area (Å²) in [6.07, 6.45) is 1.55. The number of para-hydroxylation sites is 2. The molecular formula is C49H37N3. The highest BCUT2D eigenvalue weighted by Crippen LogP contribution is 2.39. The van der Waals surface area contributed by atoms with E-state index in [1.807, 2.05) is 6.07 Å². The lowest BCUT2D eigenvalue weighted by Gasteiger charge is -2.15. The van der Waals surface area contributed by atoms with Crippen molar-refractivity contribution in [3.05, 3.63) is 199 Å². The maximum absolute atomic E-state index is 5.47. The first-order valence-corrected chi connectivity index (χ1v) is 18.0. The summed E-state index contributed by atoms with van der Waals surface area (Å²) in [5.41, 5.74) is 13.9. The fourth-order valence-electron chi connectivity index (χ4n) is 7.50. The van der Waals surface area contributed by atoms with Gasteiger partial charge in [0, 0.05) is 33.9 Å². The van der Waals surface area contributed by atoms with Gasteiger partial charge in [0.25, 0.3) is 0 Å². The van der Waals surface area contributed by atoms with Gasteiger partial charge in [-0.3, -0.25) is 4.57 Å². The number of allylic oxidation sites excluding steroid dienone is 1. The van der Waals surface area contributed by atoms with Crippen LogP contribution in [0.25, 0.3) is 60.9 Å². The Morgan fingerprint density at radius 1 is 0.442 bits per heavy atom. The van der Waals surface area contributed by atoms with Gasteiger partial charge in [0.05, 0.1) is 16.7 Å². The predicted octanol–water partition coefficient (Wildman–Crippen LogP) is 12.7. The third-order valence-corrected chi connectivity index (χ3v) is 10.1. The Morgan fingerprint density at radius 2 is 0.942 bits per heavy atom. The molecule has 8 aromatic rings. The third kappa shape index (κ3) is 5.76. The van der Waals surface area contributed by atoms with Crippen molar-refractivity contribution in [1.29, 1.82) is 0 Å². The monoisotopic (exact) mass is 667 g/mol. The lowest BCUT2D eigenvalue weighted by molar-refractivity contribution is 1.03. The van der Waals surface area contributed by atoms with Gasteiger partial charge in [-0.2, -0.15) is 0 Å². The van der Waals surface area contributed by atoms with Crippen LogP contribution in [0.2, 0.25) is 0 Å². The predicted molar refractivity (Wildman–Crippen MR) is 220 cm³/mol. The van der Waals surface area contributed by atoms with Crippen LogP contribution in [0.3, 0.4) is 0 Å². The second-order valence-corrected chi connectivity index (χ2v) is 13.3. The number of benzene rings is 7. The molecule has 0 amide bonds. The number of aliphatic imine (C=N–C) groups is 2. The van der Waals surface area contributed by atoms with Crippen LogP contribution in [0.15, 0.2) is 198 Å². The summed E-state index contributed by atoms with van der Waals surface area (Å²) in [5, 5.41) is 2.43. The lowest BCUT2D eigenvalue weighted by Crippen LogP contribution is -2.15. The van der Waals surface area contributed by atoms with Crippen molar-refractivity contribution in [3.8, 4) is 33.4 Å². The van der Waals surface area contributed by atoms with Crippen LogP contribution in [-0.4, -0.2) is 16.2 Å². The standard InChI is InChI=1S/C49H37N3/c1-2-34-33-46(50-49(41-19-10-5-11-20-41)51-47(34)40-17-8-4-9-18-40)52-45-24-13-12-21-43(45)44-23-14-22-42(48(44)52)39-31-29-38(30-32-39)37-27-25-36(26-28-37)35-15-6-3-7-16-35/h3-32H,2,33H2,1H3. The Morgan fingerprint density at radius 3 is 1.56 bits per heavy atom. The van der Waals surface area contributed by atoms with Gasteiger partial charge in [-0.25, -0.2) is 9.98 Å². The molecule has 3 nitrogen and oxygen atoms in total. The first-order valence-electron chi connectivity index (χ1n) is 18.0. The highest BCUT2D eigenvalue weighted by atomic mass is 15.1. The van der Waals surface area contributed by atoms with E-state index in [2.05, 4.69) is 187 Å². The molecule has 0 saturated heterocycles. The van der Waals surface area contributed by atoms with Gasteiger partial charge in [-0.15, -0.1) is 0 Å². The van der Waals surface area contributed by atoms with Crippen molar-refractivity contribution in [2.24, 2.45) is 9.98 Å². The summed E-state index contributed by atoms with van der Waals surface area (Å²) < 4.78 is 2.40. The molecule has 0 radical (unpaired) electrons. The van der Waals surface area contributed by atoms with Gasteiger partial charge in [-0.05, 0) is 45.9 Å². The van der Waals surface area contributed by atoms with Crippen molar-refractivity contribution in [2.75, 3.05) is 0 Å². The molecule has 248 valence electrons. The molecular weight excluding hydrogens is 631 g/mol. The normalized spacial score (nSPS) is 13.2. The number of amidine groups is 1. The van der Waals surface area contributed by atoms with E-state index in [0.29, 0.717) is 6.42 Å². The molecule has 2 heterocycles. The fourth-order valence-corrected chi connectivity index (χ4v) is 7.50. The zero-order valence-corrected chi connectivity index (χ0v) is 29.1. The summed E-state index contributed by atoms with van der Waals surface area (Å²) >= 11 is 0. The van der Waals surface area contributed by atoms with Crippen LogP contribution >= 0.6 is 0 Å². The Kier molecular flexibility index (Phi) is 8.22. The molecule has 0 N–H and O–H groups in total. The Bertz CT molecular complexity index is 2630. The van der Waals surface area contributed by atoms with Crippen LogP contribution in [0.4, 0.5) is 0 Å². The molecule has 0 spiro atoms. The number of aromatic nitrogens is 1. The summed E-state index contributed by atoms with van der Waals surface area (Å²) in [7, 11) is 0. The summed E-state index contributed by atoms with van der Waals surface area (Å²) in [6.45, 7) is 2.23. The van der Waals surface area contributed by atoms with Crippen LogP contribution in [0.5, 0.6) is 0 Å². The third-order valence-electron chi connectivity index (χ3n) is 10.1. The molecule has 1 aromatic heterocycles. The fraction of sp³-hybridized carbons (Fsp3) is 0.0612. The van der Waals surface area contributed by atoms with Crippen molar-refractivity contribution < 1.29 is 0 Å². The van der Waals surface area contributed by atoms with Crippen LogP contribution in [0.1, 0.15) is 30.9 Å². The lowest BCUT2D eigenvalue weighted by atomic mass is 9.97. The number of nitrogens with zero attached hydrogens (tertiary/aromatic N) is 3. The molecule has 9 rings (SSSR count). The second kappa shape index (κ2) is 13.6. The van der Waals surface area contributed by atoms with Crippen molar-refractivity contribution in [1.82, 2.24) is 4.57 Å². The molecule has 1 aliphatic heterocycles. The minimum absolute atomic E-state index is 0.681. The smallest absolute Gasteiger partial charge is 0.161 e. The topological polar surface area (TPSA) is 29.6 Å². The number of fused-ring (bicyclic) bond motifs is 3. The van der Waals surface area contributed by atoms with Crippen molar-refractivity contribution in [3.63, 3.8) is 0 Å². The first-order chi connectivity index (χ1) is 25.7. The first kappa shape index (κ1) is 31.4. The molecule has 52 heavy (non-hydrogen) atoms. The SMILES string of the molecule is CCC1=C(c2ccccc2)N=C(c2ccccc2)N=C(n2c3ccccc3c3cccc(-c4ccc(-c5ccc(-c6ccccc6)cc5)cc4)c32)C1. The molecule has 0 saturated carbocycles. The van der Waals surface area contributed by atoms with E-state index in [-0.39, 0.29) is 0 Å². The van der Waals surface area contributed by atoms with Gasteiger partial charge in [-0.1, -0.05) is 183 Å². The average molecular weight is 668 g/mol. The molecule has 0 bridgehead atoms. The van der Waals surface area contributed by atoms with Gasteiger partial charge in [0.15, 0.2) is 5.84 Å². The number of hydrogen-bond acceptors (Lipinski definition) is 2. The number of rotatable bonds is 6. The Labute approximate surface area is 304 Å². The Balaban J connectivity index is 1.19. The van der Waals surface area contributed by atoms with Gasteiger partial charge >= 0.3 is 0 Å². The van der Waals surface area contributed by atoms with Crippen LogP contribution in [-0.2, 0) is 0 Å². The van der Waals surface area contributed by atoms with Crippen LogP contribution < -0.4 is 0 Å². The summed E-state index contributed by atoms with van der Waals surface area (Å²) in [6, 6.07) is 64.7. The van der Waals surface area contributed by atoms with Gasteiger partial charge < -0.3 is 0 Å². The van der Waals surface area contributed by atoms with E-state index in [1.165, 1.54) is 49.7 Å². The minimum atomic E-state index is 0.681. The van der Waals surface area contributed by atoms with E-state index < -0.39 is 0 Å². The molecule has 0 unspecified atom stereocenters. The van der Waals surface area contributed by atoms with E-state index in [0.717, 1.165) is 45.9 Å². The van der Waals surface area contributed by atoms with Gasteiger partial charge in [0.1, 0.15) is 5.84 Å². The molecule has 3 heteroatoms. The minimum Gasteiger partial charge on any atom is -0.296 e. The van der Waals surface area contributed by atoms with E-state index in [4.69, 9.17) is 9.98 Å². The summed E-state index contributed by atoms with van der Waals surface area (Å²) in [4.78, 5) is 10.8. The zero-order valence-electron chi connectivity index (χ0n) is 29.1. The van der Waals surface area contributed by atoms with Crippen LogP contribution in [0, 0.1) is 0 Å². The van der Waals surface area contributed by atoms with Crippen molar-refractivity contribution >= 4 is 39.2 Å². The van der Waals surface area contributed by atoms with E-state index in [9.17, 15) is 0 Å². The quantitative estimate of drug-likeness (QED) is 0.169.